The van der Waals surface area contributed by atoms with E-state index in [4.69, 9.17) is 0 Å². The van der Waals surface area contributed by atoms with E-state index in [2.05, 4.69) is 35.8 Å². The fourth-order valence-electron chi connectivity index (χ4n) is 1.22. The van der Waals surface area contributed by atoms with Gasteiger partial charge >= 0.3 is 11.9 Å². The van der Waals surface area contributed by atoms with Crippen LogP contribution in [0.15, 0.2) is 0 Å². The summed E-state index contributed by atoms with van der Waals surface area (Å²) in [5.41, 5.74) is 0. The van der Waals surface area contributed by atoms with Crippen molar-refractivity contribution >= 4 is 11.9 Å². The zero-order valence-corrected chi connectivity index (χ0v) is 11.3. The van der Waals surface area contributed by atoms with Gasteiger partial charge in [0.15, 0.2) is 0 Å². The number of nitrogens with zero attached hydrogens (tertiary/aromatic N) is 1. The molecule has 0 aliphatic carbocycles. The van der Waals surface area contributed by atoms with Gasteiger partial charge in [-0.3, -0.25) is 4.79 Å². The molecule has 0 fully saturated rings. The number of unbranched alkanes of at least 4 members (excludes halogenated alkanes) is 1. The molecule has 5 heteroatoms. The van der Waals surface area contributed by atoms with Gasteiger partial charge in [-0.05, 0) is 47.2 Å². The average Bonchev–Trinajstić information content (AvgIpc) is 2.28. The number of carbonyl (C=O) groups excluding carboxylic acids is 2. The summed E-state index contributed by atoms with van der Waals surface area (Å²) >= 11 is 0. The molecule has 0 spiro atoms. The van der Waals surface area contributed by atoms with Crippen LogP contribution in [0, 0.1) is 0 Å². The number of carbonyl (C=O) groups is 2. The Hall–Kier alpha value is -1.10. The van der Waals surface area contributed by atoms with Gasteiger partial charge in [-0.1, -0.05) is 0 Å². The van der Waals surface area contributed by atoms with Crippen LogP contribution in [0.4, 0.5) is 0 Å². The molecule has 0 aliphatic rings. The summed E-state index contributed by atoms with van der Waals surface area (Å²) in [6.07, 6.45) is 1.86. The molecule has 0 aromatic rings. The number of hydrogen-bond acceptors (Lipinski definition) is 4. The number of nitrogens with one attached hydrogen (secondary N) is 1. The van der Waals surface area contributed by atoms with Crippen molar-refractivity contribution in [3.8, 4) is 0 Å². The molecule has 5 nitrogen and oxygen atoms in total. The zero-order chi connectivity index (χ0) is 13.3. The van der Waals surface area contributed by atoms with E-state index in [0.717, 1.165) is 19.4 Å². The highest BCUT2D eigenvalue weighted by Gasteiger charge is 2.13. The Bertz CT molecular complexity index is 242. The average molecular weight is 244 g/mol. The van der Waals surface area contributed by atoms with Crippen LogP contribution in [0.1, 0.15) is 33.6 Å². The highest BCUT2D eigenvalue weighted by molar-refractivity contribution is 6.32. The second kappa shape index (κ2) is 8.98. The maximum Gasteiger partial charge on any atom is 0.396 e. The molecule has 0 unspecified atom stereocenters. The lowest BCUT2D eigenvalue weighted by molar-refractivity contribution is -0.154. The van der Waals surface area contributed by atoms with Gasteiger partial charge in [0.05, 0.1) is 6.61 Å². The van der Waals surface area contributed by atoms with E-state index in [1.165, 1.54) is 0 Å². The van der Waals surface area contributed by atoms with Gasteiger partial charge < -0.3 is 15.0 Å². The topological polar surface area (TPSA) is 58.6 Å². The van der Waals surface area contributed by atoms with Gasteiger partial charge in [-0.25, -0.2) is 4.79 Å². The van der Waals surface area contributed by atoms with Crippen molar-refractivity contribution in [1.29, 1.82) is 0 Å². The first-order valence-electron chi connectivity index (χ1n) is 6.14. The summed E-state index contributed by atoms with van der Waals surface area (Å²) in [4.78, 5) is 24.3. The van der Waals surface area contributed by atoms with Crippen LogP contribution < -0.4 is 5.32 Å². The molecule has 0 saturated carbocycles. The molecule has 0 aliphatic heterocycles. The molecule has 17 heavy (non-hydrogen) atoms. The smallest absolute Gasteiger partial charge is 0.396 e. The maximum atomic E-state index is 11.1. The van der Waals surface area contributed by atoms with Crippen LogP contribution in [-0.4, -0.2) is 49.6 Å². The Kier molecular flexibility index (Phi) is 8.40. The van der Waals surface area contributed by atoms with Crippen LogP contribution in [-0.2, 0) is 14.3 Å². The summed E-state index contributed by atoms with van der Waals surface area (Å²) in [7, 11) is 2.07. The highest BCUT2D eigenvalue weighted by atomic mass is 16.5. The van der Waals surface area contributed by atoms with Crippen molar-refractivity contribution in [1.82, 2.24) is 10.2 Å². The zero-order valence-electron chi connectivity index (χ0n) is 11.3. The Morgan fingerprint density at radius 2 is 1.94 bits per heavy atom. The van der Waals surface area contributed by atoms with Gasteiger partial charge in [0.2, 0.25) is 0 Å². The fourth-order valence-corrected chi connectivity index (χ4v) is 1.22. The summed E-state index contributed by atoms with van der Waals surface area (Å²) in [5.74, 6) is -1.45. The third kappa shape index (κ3) is 7.74. The molecule has 1 N–H and O–H groups in total. The Labute approximate surface area is 103 Å². The van der Waals surface area contributed by atoms with E-state index >= 15 is 0 Å². The lowest BCUT2D eigenvalue weighted by Crippen LogP contribution is -2.33. The molecule has 1 amide bonds. The van der Waals surface area contributed by atoms with E-state index in [0.29, 0.717) is 12.6 Å². The minimum absolute atomic E-state index is 0.228. The maximum absolute atomic E-state index is 11.1. The van der Waals surface area contributed by atoms with Crippen molar-refractivity contribution in [2.75, 3.05) is 26.7 Å². The molecule has 0 bridgehead atoms. The standard InChI is InChI=1S/C12H24N2O3/c1-5-17-12(16)11(15)13-8-6-7-9-14(4)10(2)3/h10H,5-9H2,1-4H3,(H,13,15). The Balaban J connectivity index is 3.52. The molecule has 0 radical (unpaired) electrons. The first kappa shape index (κ1) is 15.9. The third-order valence-electron chi connectivity index (χ3n) is 2.57. The van der Waals surface area contributed by atoms with E-state index in [1.807, 2.05) is 0 Å². The monoisotopic (exact) mass is 244 g/mol. The highest BCUT2D eigenvalue weighted by Crippen LogP contribution is 1.97. The molecule has 0 saturated heterocycles. The van der Waals surface area contributed by atoms with E-state index in [1.54, 1.807) is 6.92 Å². The van der Waals surface area contributed by atoms with Gasteiger partial charge in [0.1, 0.15) is 0 Å². The SMILES string of the molecule is CCOC(=O)C(=O)NCCCCN(C)C(C)C. The molecular formula is C12H24N2O3. The van der Waals surface area contributed by atoms with Crippen molar-refractivity contribution in [3.05, 3.63) is 0 Å². The Morgan fingerprint density at radius 1 is 1.29 bits per heavy atom. The molecular weight excluding hydrogens is 220 g/mol. The summed E-state index contributed by atoms with van der Waals surface area (Å²) in [6, 6.07) is 0.532. The second-order valence-electron chi connectivity index (χ2n) is 4.26. The van der Waals surface area contributed by atoms with Crippen molar-refractivity contribution < 1.29 is 14.3 Å². The van der Waals surface area contributed by atoms with Gasteiger partial charge in [0, 0.05) is 12.6 Å². The second-order valence-corrected chi connectivity index (χ2v) is 4.26. The molecule has 100 valence electrons. The van der Waals surface area contributed by atoms with Crippen LogP contribution in [0.3, 0.4) is 0 Å². The number of rotatable bonds is 7. The molecule has 0 aromatic heterocycles. The third-order valence-corrected chi connectivity index (χ3v) is 2.57. The lowest BCUT2D eigenvalue weighted by Gasteiger charge is -2.20. The Morgan fingerprint density at radius 3 is 2.47 bits per heavy atom. The molecule has 0 aromatic carbocycles. The minimum atomic E-state index is -0.799. The first-order valence-corrected chi connectivity index (χ1v) is 6.14. The van der Waals surface area contributed by atoms with E-state index < -0.39 is 11.9 Å². The van der Waals surface area contributed by atoms with Crippen LogP contribution in [0.2, 0.25) is 0 Å². The molecule has 0 atom stereocenters. The van der Waals surface area contributed by atoms with Crippen LogP contribution >= 0.6 is 0 Å². The summed E-state index contributed by atoms with van der Waals surface area (Å²) in [6.45, 7) is 7.69. The first-order chi connectivity index (χ1) is 7.99. The number of ether oxygens (including phenoxy) is 1. The number of amides is 1. The quantitative estimate of drug-likeness (QED) is 0.408. The van der Waals surface area contributed by atoms with Crippen molar-refractivity contribution in [2.45, 2.75) is 39.7 Å². The number of hydrogen-bond donors (Lipinski definition) is 1. The molecule has 0 heterocycles. The summed E-state index contributed by atoms with van der Waals surface area (Å²) in [5, 5.41) is 2.54. The lowest BCUT2D eigenvalue weighted by atomic mass is 10.2. The molecule has 0 rings (SSSR count). The summed E-state index contributed by atoms with van der Waals surface area (Å²) < 4.78 is 4.57. The van der Waals surface area contributed by atoms with Gasteiger partial charge in [0.25, 0.3) is 0 Å². The van der Waals surface area contributed by atoms with Crippen molar-refractivity contribution in [2.24, 2.45) is 0 Å². The largest absolute Gasteiger partial charge is 0.459 e. The normalized spacial score (nSPS) is 10.7. The fraction of sp³-hybridized carbons (Fsp3) is 0.833. The van der Waals surface area contributed by atoms with Gasteiger partial charge in [-0.2, -0.15) is 0 Å². The minimum Gasteiger partial charge on any atom is -0.459 e. The predicted molar refractivity (Wildman–Crippen MR) is 66.6 cm³/mol. The predicted octanol–water partition coefficient (Wildman–Crippen LogP) is 0.786. The number of esters is 1. The van der Waals surface area contributed by atoms with Crippen molar-refractivity contribution in [3.63, 3.8) is 0 Å². The van der Waals surface area contributed by atoms with E-state index in [9.17, 15) is 9.59 Å². The van der Waals surface area contributed by atoms with Crippen LogP contribution in [0.25, 0.3) is 0 Å². The van der Waals surface area contributed by atoms with Crippen LogP contribution in [0.5, 0.6) is 0 Å². The van der Waals surface area contributed by atoms with Gasteiger partial charge in [-0.15, -0.1) is 0 Å². The van der Waals surface area contributed by atoms with E-state index in [-0.39, 0.29) is 6.61 Å².